The molecule has 0 aliphatic carbocycles. The van der Waals surface area contributed by atoms with Gasteiger partial charge in [0.15, 0.2) is 0 Å². The molecule has 2 atom stereocenters. The molecule has 7 nitrogen and oxygen atoms in total. The SMILES string of the molecule is NCCCC[C@@H]([C]=O)NC(=O)[C@@H](N)CCC(=O)O. The van der Waals surface area contributed by atoms with Crippen molar-refractivity contribution in [3.63, 3.8) is 0 Å². The third-order valence-electron chi connectivity index (χ3n) is 2.41. The number of aliphatic carboxylic acids is 1. The highest BCUT2D eigenvalue weighted by Crippen LogP contribution is 2.00. The molecule has 103 valence electrons. The summed E-state index contributed by atoms with van der Waals surface area (Å²) in [6.45, 7) is 0.525. The predicted octanol–water partition coefficient (Wildman–Crippen LogP) is -1.10. The molecule has 1 amide bonds. The summed E-state index contributed by atoms with van der Waals surface area (Å²) in [6, 6.07) is -1.63. The van der Waals surface area contributed by atoms with Gasteiger partial charge in [0.1, 0.15) is 0 Å². The molecule has 0 spiro atoms. The van der Waals surface area contributed by atoms with Gasteiger partial charge < -0.3 is 21.9 Å². The van der Waals surface area contributed by atoms with E-state index in [1.165, 1.54) is 0 Å². The molecule has 0 unspecified atom stereocenters. The van der Waals surface area contributed by atoms with Crippen LogP contribution in [0.25, 0.3) is 0 Å². The standard InChI is InChI=1S/C11H20N3O4/c12-6-2-1-3-8(7-15)14-11(18)9(13)4-5-10(16)17/h8-9H,1-6,12-13H2,(H,14,18)(H,16,17)/t8-,9-/m0/s1. The second-order valence-electron chi connectivity index (χ2n) is 4.00. The Bertz CT molecular complexity index is 283. The number of carboxylic acids is 1. The van der Waals surface area contributed by atoms with E-state index in [0.717, 1.165) is 6.42 Å². The van der Waals surface area contributed by atoms with Crippen molar-refractivity contribution >= 4 is 18.2 Å². The maximum Gasteiger partial charge on any atom is 0.303 e. The van der Waals surface area contributed by atoms with Crippen LogP contribution in [0.1, 0.15) is 32.1 Å². The van der Waals surface area contributed by atoms with Gasteiger partial charge in [-0.3, -0.25) is 14.4 Å². The number of carbonyl (C=O) groups is 2. The van der Waals surface area contributed by atoms with E-state index in [9.17, 15) is 14.4 Å². The van der Waals surface area contributed by atoms with Gasteiger partial charge in [-0.15, -0.1) is 0 Å². The molecule has 0 heterocycles. The highest BCUT2D eigenvalue weighted by molar-refractivity contribution is 5.84. The van der Waals surface area contributed by atoms with Crippen LogP contribution in [0, 0.1) is 0 Å². The van der Waals surface area contributed by atoms with Gasteiger partial charge in [0.25, 0.3) is 0 Å². The van der Waals surface area contributed by atoms with Crippen molar-refractivity contribution in [1.29, 1.82) is 0 Å². The topological polar surface area (TPSA) is 136 Å². The van der Waals surface area contributed by atoms with E-state index in [1.54, 1.807) is 6.29 Å². The van der Waals surface area contributed by atoms with Crippen LogP contribution in [0.15, 0.2) is 0 Å². The van der Waals surface area contributed by atoms with E-state index in [-0.39, 0.29) is 12.8 Å². The lowest BCUT2D eigenvalue weighted by atomic mass is 10.1. The quantitative estimate of drug-likeness (QED) is 0.367. The lowest BCUT2D eigenvalue weighted by Gasteiger charge is -2.15. The zero-order chi connectivity index (χ0) is 14.0. The Labute approximate surface area is 106 Å². The van der Waals surface area contributed by atoms with Gasteiger partial charge in [0.2, 0.25) is 12.2 Å². The minimum Gasteiger partial charge on any atom is -0.481 e. The number of nitrogens with two attached hydrogens (primary N) is 2. The summed E-state index contributed by atoms with van der Waals surface area (Å²) in [5, 5.41) is 10.9. The monoisotopic (exact) mass is 258 g/mol. The maximum atomic E-state index is 11.5. The van der Waals surface area contributed by atoms with Gasteiger partial charge in [-0.2, -0.15) is 0 Å². The van der Waals surface area contributed by atoms with Crippen LogP contribution < -0.4 is 16.8 Å². The third-order valence-corrected chi connectivity index (χ3v) is 2.41. The fraction of sp³-hybridized carbons (Fsp3) is 0.727. The zero-order valence-corrected chi connectivity index (χ0v) is 10.2. The fourth-order valence-corrected chi connectivity index (χ4v) is 1.34. The Morgan fingerprint density at radius 3 is 2.44 bits per heavy atom. The lowest BCUT2D eigenvalue weighted by Crippen LogP contribution is -2.46. The Kier molecular flexibility index (Phi) is 8.77. The number of unbranched alkanes of at least 4 members (excludes halogenated alkanes) is 1. The van der Waals surface area contributed by atoms with Gasteiger partial charge >= 0.3 is 5.97 Å². The third kappa shape index (κ3) is 7.75. The van der Waals surface area contributed by atoms with Crippen molar-refractivity contribution in [1.82, 2.24) is 5.32 Å². The van der Waals surface area contributed by atoms with Crippen LogP contribution in [0.4, 0.5) is 0 Å². The molecule has 0 bridgehead atoms. The zero-order valence-electron chi connectivity index (χ0n) is 10.2. The van der Waals surface area contributed by atoms with E-state index in [2.05, 4.69) is 5.32 Å². The molecular weight excluding hydrogens is 238 g/mol. The normalized spacial score (nSPS) is 13.7. The number of nitrogens with one attached hydrogen (secondary N) is 1. The largest absolute Gasteiger partial charge is 0.481 e. The molecule has 0 aliphatic rings. The number of rotatable bonds is 10. The first kappa shape index (κ1) is 16.5. The maximum absolute atomic E-state index is 11.5. The van der Waals surface area contributed by atoms with E-state index in [4.69, 9.17) is 16.6 Å². The molecule has 0 saturated carbocycles. The van der Waals surface area contributed by atoms with Crippen molar-refractivity contribution in [2.24, 2.45) is 11.5 Å². The van der Waals surface area contributed by atoms with Crippen molar-refractivity contribution in [3.05, 3.63) is 0 Å². The molecule has 0 aromatic carbocycles. The average Bonchev–Trinajstić information content (AvgIpc) is 2.34. The van der Waals surface area contributed by atoms with Crippen LogP contribution >= 0.6 is 0 Å². The second-order valence-corrected chi connectivity index (χ2v) is 4.00. The molecule has 7 heteroatoms. The Balaban J connectivity index is 4.00. The van der Waals surface area contributed by atoms with Crippen molar-refractivity contribution < 1.29 is 19.5 Å². The molecule has 0 rings (SSSR count). The minimum atomic E-state index is -1.01. The van der Waals surface area contributed by atoms with Crippen molar-refractivity contribution in [3.8, 4) is 0 Å². The Morgan fingerprint density at radius 1 is 1.28 bits per heavy atom. The van der Waals surface area contributed by atoms with E-state index in [0.29, 0.717) is 19.4 Å². The van der Waals surface area contributed by atoms with Gasteiger partial charge in [-0.25, -0.2) is 0 Å². The lowest BCUT2D eigenvalue weighted by molar-refractivity contribution is -0.137. The van der Waals surface area contributed by atoms with Gasteiger partial charge in [-0.05, 0) is 32.2 Å². The summed E-state index contributed by atoms with van der Waals surface area (Å²) in [6.07, 6.45) is 3.50. The summed E-state index contributed by atoms with van der Waals surface area (Å²) in [5.74, 6) is -1.54. The molecule has 0 fully saturated rings. The van der Waals surface area contributed by atoms with Crippen LogP contribution in [-0.2, 0) is 14.4 Å². The van der Waals surface area contributed by atoms with Gasteiger partial charge in [-0.1, -0.05) is 0 Å². The number of carbonyl (C=O) groups excluding carboxylic acids is 2. The first-order valence-electron chi connectivity index (χ1n) is 5.86. The summed E-state index contributed by atoms with van der Waals surface area (Å²) in [7, 11) is 0. The number of amides is 1. The molecule has 18 heavy (non-hydrogen) atoms. The summed E-state index contributed by atoms with van der Waals surface area (Å²) in [5.41, 5.74) is 10.8. The Morgan fingerprint density at radius 2 is 1.94 bits per heavy atom. The molecule has 0 aromatic heterocycles. The highest BCUT2D eigenvalue weighted by Gasteiger charge is 2.18. The Hall–Kier alpha value is -1.47. The fourth-order valence-electron chi connectivity index (χ4n) is 1.34. The first-order chi connectivity index (χ1) is 8.51. The van der Waals surface area contributed by atoms with Crippen LogP contribution in [0.5, 0.6) is 0 Å². The summed E-state index contributed by atoms with van der Waals surface area (Å²) >= 11 is 0. The smallest absolute Gasteiger partial charge is 0.303 e. The summed E-state index contributed by atoms with van der Waals surface area (Å²) in [4.78, 5) is 32.5. The number of hydrogen-bond acceptors (Lipinski definition) is 5. The van der Waals surface area contributed by atoms with Crippen molar-refractivity contribution in [2.45, 2.75) is 44.2 Å². The van der Waals surface area contributed by atoms with E-state index >= 15 is 0 Å². The van der Waals surface area contributed by atoms with Gasteiger partial charge in [0.05, 0.1) is 12.1 Å². The summed E-state index contributed by atoms with van der Waals surface area (Å²) < 4.78 is 0. The molecule has 0 saturated heterocycles. The van der Waals surface area contributed by atoms with Crippen LogP contribution in [0.3, 0.4) is 0 Å². The minimum absolute atomic E-state index is 0.0372. The molecule has 0 aliphatic heterocycles. The van der Waals surface area contributed by atoms with Crippen LogP contribution in [0.2, 0.25) is 0 Å². The second kappa shape index (κ2) is 9.55. The molecule has 6 N–H and O–H groups in total. The highest BCUT2D eigenvalue weighted by atomic mass is 16.4. The van der Waals surface area contributed by atoms with Crippen LogP contribution in [-0.4, -0.2) is 41.9 Å². The molecule has 0 aromatic rings. The predicted molar refractivity (Wildman–Crippen MR) is 65.4 cm³/mol. The molecule has 1 radical (unpaired) electrons. The van der Waals surface area contributed by atoms with E-state index < -0.39 is 24.0 Å². The van der Waals surface area contributed by atoms with Gasteiger partial charge in [0, 0.05) is 6.42 Å². The average molecular weight is 258 g/mol. The first-order valence-corrected chi connectivity index (χ1v) is 5.86. The number of carboxylic acid groups (broad SMARTS) is 1. The van der Waals surface area contributed by atoms with E-state index in [1.807, 2.05) is 0 Å². The van der Waals surface area contributed by atoms with Crippen molar-refractivity contribution in [2.75, 3.05) is 6.54 Å². The number of hydrogen-bond donors (Lipinski definition) is 4. The molecular formula is C11H20N3O4.